The maximum absolute atomic E-state index is 13.0. The summed E-state index contributed by atoms with van der Waals surface area (Å²) in [5, 5.41) is 9.78. The number of phenolic OH excluding ortho intramolecular Hbond substituents is 1. The van der Waals surface area contributed by atoms with Crippen molar-refractivity contribution in [3.63, 3.8) is 0 Å². The molecule has 2 N–H and O–H groups in total. The van der Waals surface area contributed by atoms with Gasteiger partial charge in [0.15, 0.2) is 11.5 Å². The Morgan fingerprint density at radius 3 is 2.82 bits per heavy atom. The molecule has 0 atom stereocenters. The summed E-state index contributed by atoms with van der Waals surface area (Å²) in [4.78, 5) is 25.5. The van der Waals surface area contributed by atoms with Crippen LogP contribution in [0.25, 0.3) is 0 Å². The Morgan fingerprint density at radius 1 is 1.32 bits per heavy atom. The molecule has 28 heavy (non-hydrogen) atoms. The predicted molar refractivity (Wildman–Crippen MR) is 106 cm³/mol. The molecule has 1 fully saturated rings. The Morgan fingerprint density at radius 2 is 2.11 bits per heavy atom. The SMILES string of the molecule is CCCN1CCc2[nH]cnc2C12CCN(C(=O)c1ccc(O)c(OC)c1)CC2. The Kier molecular flexibility index (Phi) is 5.02. The topological polar surface area (TPSA) is 81.7 Å². The molecule has 0 radical (unpaired) electrons. The standard InChI is InChI=1S/C21H28N4O3/c1-3-9-25-10-6-16-19(23-14-22-16)21(25)7-11-24(12-8-21)20(27)15-4-5-17(26)18(13-15)28-2/h4-5,13-14,26H,3,6-12H2,1-2H3,(H,22,23). The number of nitrogens with one attached hydrogen (secondary N) is 1. The Labute approximate surface area is 165 Å². The van der Waals surface area contributed by atoms with E-state index in [1.165, 1.54) is 24.6 Å². The fraction of sp³-hybridized carbons (Fsp3) is 0.524. The largest absolute Gasteiger partial charge is 0.504 e. The summed E-state index contributed by atoms with van der Waals surface area (Å²) in [6.45, 7) is 5.68. The zero-order valence-electron chi connectivity index (χ0n) is 16.6. The quantitative estimate of drug-likeness (QED) is 0.847. The lowest BCUT2D eigenvalue weighted by Gasteiger charge is -2.50. The first-order valence-electron chi connectivity index (χ1n) is 10.0. The number of benzene rings is 1. The number of aromatic amines is 1. The van der Waals surface area contributed by atoms with Gasteiger partial charge in [0.25, 0.3) is 5.91 Å². The number of H-pyrrole nitrogens is 1. The molecule has 2 aliphatic rings. The summed E-state index contributed by atoms with van der Waals surface area (Å²) in [7, 11) is 1.49. The first-order chi connectivity index (χ1) is 13.6. The highest BCUT2D eigenvalue weighted by Gasteiger charge is 2.46. The van der Waals surface area contributed by atoms with Crippen LogP contribution in [0.3, 0.4) is 0 Å². The number of carbonyl (C=O) groups excluding carboxylic acids is 1. The zero-order valence-corrected chi connectivity index (χ0v) is 16.6. The molecule has 0 aliphatic carbocycles. The monoisotopic (exact) mass is 384 g/mol. The van der Waals surface area contributed by atoms with Crippen molar-refractivity contribution >= 4 is 5.91 Å². The van der Waals surface area contributed by atoms with Gasteiger partial charge in [-0.15, -0.1) is 0 Å². The number of piperidine rings is 1. The fourth-order valence-corrected chi connectivity index (χ4v) is 4.74. The summed E-state index contributed by atoms with van der Waals surface area (Å²) in [5.74, 6) is 0.343. The van der Waals surface area contributed by atoms with Crippen LogP contribution in [0, 0.1) is 0 Å². The van der Waals surface area contributed by atoms with Crippen LogP contribution < -0.4 is 4.74 Å². The van der Waals surface area contributed by atoms with Gasteiger partial charge in [-0.05, 0) is 44.0 Å². The summed E-state index contributed by atoms with van der Waals surface area (Å²) in [5.41, 5.74) is 2.88. The molecule has 0 bridgehead atoms. The van der Waals surface area contributed by atoms with Crippen LogP contribution in [0.1, 0.15) is 47.9 Å². The molecule has 1 aromatic carbocycles. The highest BCUT2D eigenvalue weighted by molar-refractivity contribution is 5.95. The number of ether oxygens (including phenoxy) is 1. The Bertz CT molecular complexity index is 855. The number of hydrogen-bond donors (Lipinski definition) is 2. The number of amides is 1. The van der Waals surface area contributed by atoms with Gasteiger partial charge in [-0.3, -0.25) is 9.69 Å². The predicted octanol–water partition coefficient (Wildman–Crippen LogP) is 2.52. The van der Waals surface area contributed by atoms with Crippen LogP contribution >= 0.6 is 0 Å². The van der Waals surface area contributed by atoms with Crippen molar-refractivity contribution in [3.05, 3.63) is 41.5 Å². The van der Waals surface area contributed by atoms with Crippen molar-refractivity contribution in [2.75, 3.05) is 33.3 Å². The van der Waals surface area contributed by atoms with Crippen molar-refractivity contribution in [3.8, 4) is 11.5 Å². The summed E-state index contributed by atoms with van der Waals surface area (Å²) in [6.07, 6.45) is 5.68. The van der Waals surface area contributed by atoms with Gasteiger partial charge in [0.2, 0.25) is 0 Å². The third kappa shape index (κ3) is 3.03. The van der Waals surface area contributed by atoms with E-state index in [0.717, 1.165) is 38.8 Å². The first-order valence-corrected chi connectivity index (χ1v) is 10.0. The summed E-state index contributed by atoms with van der Waals surface area (Å²) < 4.78 is 5.15. The molecule has 150 valence electrons. The maximum atomic E-state index is 13.0. The fourth-order valence-electron chi connectivity index (χ4n) is 4.74. The minimum Gasteiger partial charge on any atom is -0.504 e. The first kappa shape index (κ1) is 18.8. The lowest BCUT2D eigenvalue weighted by molar-refractivity contribution is 0.00707. The number of aromatic nitrogens is 2. The number of carbonyl (C=O) groups is 1. The lowest BCUT2D eigenvalue weighted by Crippen LogP contribution is -2.57. The molecule has 1 amide bonds. The molecule has 2 aromatic rings. The molecule has 7 nitrogen and oxygen atoms in total. The number of aromatic hydroxyl groups is 1. The number of phenols is 1. The molecule has 1 saturated heterocycles. The van der Waals surface area contributed by atoms with Gasteiger partial charge in [-0.2, -0.15) is 0 Å². The van der Waals surface area contributed by atoms with Crippen LogP contribution in [0.15, 0.2) is 24.5 Å². The van der Waals surface area contributed by atoms with Crippen LogP contribution in [0.2, 0.25) is 0 Å². The van der Waals surface area contributed by atoms with Crippen LogP contribution in [0.5, 0.6) is 11.5 Å². The molecule has 2 aliphatic heterocycles. The van der Waals surface area contributed by atoms with Gasteiger partial charge >= 0.3 is 0 Å². The van der Waals surface area contributed by atoms with Crippen molar-refractivity contribution in [2.24, 2.45) is 0 Å². The minimum absolute atomic E-state index is 0.0201. The van der Waals surface area contributed by atoms with E-state index in [1.807, 2.05) is 11.2 Å². The normalized spacial score (nSPS) is 18.9. The zero-order chi connectivity index (χ0) is 19.7. The molecule has 1 spiro atoms. The summed E-state index contributed by atoms with van der Waals surface area (Å²) >= 11 is 0. The Hall–Kier alpha value is -2.54. The number of methoxy groups -OCH3 is 1. The Balaban J connectivity index is 1.54. The van der Waals surface area contributed by atoms with Gasteiger partial charge in [-0.1, -0.05) is 6.92 Å². The summed E-state index contributed by atoms with van der Waals surface area (Å²) in [6, 6.07) is 4.77. The van der Waals surface area contributed by atoms with Crippen LogP contribution in [0.4, 0.5) is 0 Å². The average molecular weight is 384 g/mol. The van der Waals surface area contributed by atoms with E-state index < -0.39 is 0 Å². The van der Waals surface area contributed by atoms with Gasteiger partial charge in [0.05, 0.1) is 24.7 Å². The van der Waals surface area contributed by atoms with E-state index in [0.29, 0.717) is 24.4 Å². The highest BCUT2D eigenvalue weighted by atomic mass is 16.5. The van der Waals surface area contributed by atoms with E-state index in [2.05, 4.69) is 21.8 Å². The van der Waals surface area contributed by atoms with E-state index in [-0.39, 0.29) is 17.2 Å². The van der Waals surface area contributed by atoms with E-state index in [1.54, 1.807) is 12.1 Å². The third-order valence-corrected chi connectivity index (χ3v) is 6.19. The van der Waals surface area contributed by atoms with Crippen LogP contribution in [-0.4, -0.2) is 64.1 Å². The molecular weight excluding hydrogens is 356 g/mol. The second-order valence-corrected chi connectivity index (χ2v) is 7.68. The smallest absolute Gasteiger partial charge is 0.253 e. The van der Waals surface area contributed by atoms with Crippen molar-refractivity contribution < 1.29 is 14.6 Å². The van der Waals surface area contributed by atoms with E-state index >= 15 is 0 Å². The van der Waals surface area contributed by atoms with Crippen molar-refractivity contribution in [1.82, 2.24) is 19.8 Å². The second kappa shape index (κ2) is 7.47. The number of imidazole rings is 1. The molecule has 4 rings (SSSR count). The number of rotatable bonds is 4. The van der Waals surface area contributed by atoms with Crippen molar-refractivity contribution in [2.45, 2.75) is 38.1 Å². The third-order valence-electron chi connectivity index (χ3n) is 6.19. The van der Waals surface area contributed by atoms with Gasteiger partial charge in [-0.25, -0.2) is 4.98 Å². The second-order valence-electron chi connectivity index (χ2n) is 7.68. The van der Waals surface area contributed by atoms with Gasteiger partial charge in [0, 0.05) is 37.3 Å². The minimum atomic E-state index is -0.0764. The molecule has 0 unspecified atom stereocenters. The van der Waals surface area contributed by atoms with Crippen LogP contribution in [-0.2, 0) is 12.0 Å². The lowest BCUT2D eigenvalue weighted by atomic mass is 9.78. The maximum Gasteiger partial charge on any atom is 0.253 e. The number of nitrogens with zero attached hydrogens (tertiary/aromatic N) is 3. The molecule has 0 saturated carbocycles. The molecule has 1 aromatic heterocycles. The molecule has 3 heterocycles. The van der Waals surface area contributed by atoms with E-state index in [4.69, 9.17) is 4.74 Å². The average Bonchev–Trinajstić information content (AvgIpc) is 3.21. The van der Waals surface area contributed by atoms with Gasteiger partial charge < -0.3 is 19.7 Å². The van der Waals surface area contributed by atoms with Gasteiger partial charge in [0.1, 0.15) is 0 Å². The highest BCUT2D eigenvalue weighted by Crippen LogP contribution is 2.42. The number of likely N-dealkylation sites (tertiary alicyclic amines) is 1. The van der Waals surface area contributed by atoms with Crippen molar-refractivity contribution in [1.29, 1.82) is 0 Å². The van der Waals surface area contributed by atoms with E-state index in [9.17, 15) is 9.90 Å². The molecular formula is C21H28N4O3. The number of fused-ring (bicyclic) bond motifs is 2. The number of hydrogen-bond acceptors (Lipinski definition) is 5. The molecule has 7 heteroatoms.